The molecule has 0 radical (unpaired) electrons. The number of furan rings is 1. The molecule has 2 saturated heterocycles. The van der Waals surface area contributed by atoms with E-state index in [0.29, 0.717) is 19.6 Å². The number of piperazine rings is 1. The van der Waals surface area contributed by atoms with E-state index < -0.39 is 10.0 Å². The standard InChI is InChI=1S/C22H31N3O3S/c1-22(2)18-23(14-15-24(22)16-19-8-4-3-5-9-19)17-20-10-11-21(28-20)29(26,27)25-12-6-7-13-25/h3-5,8-11H,6-7,12-18H2,1-2H3. The van der Waals surface area contributed by atoms with E-state index in [9.17, 15) is 8.42 Å². The Bertz CT molecular complexity index is 918. The topological polar surface area (TPSA) is 57.0 Å². The molecule has 7 heteroatoms. The van der Waals surface area contributed by atoms with Crippen LogP contribution in [-0.4, -0.2) is 60.8 Å². The van der Waals surface area contributed by atoms with Gasteiger partial charge in [-0.05, 0) is 44.4 Å². The van der Waals surface area contributed by atoms with Crippen molar-refractivity contribution in [3.05, 3.63) is 53.8 Å². The Hall–Kier alpha value is -1.67. The van der Waals surface area contributed by atoms with Gasteiger partial charge in [0.15, 0.2) is 0 Å². The van der Waals surface area contributed by atoms with Crippen LogP contribution in [0.2, 0.25) is 0 Å². The van der Waals surface area contributed by atoms with Crippen molar-refractivity contribution in [1.82, 2.24) is 14.1 Å². The first-order chi connectivity index (χ1) is 13.8. The molecule has 0 amide bonds. The summed E-state index contributed by atoms with van der Waals surface area (Å²) in [4.78, 5) is 4.87. The van der Waals surface area contributed by atoms with Gasteiger partial charge in [-0.25, -0.2) is 8.42 Å². The van der Waals surface area contributed by atoms with Crippen LogP contribution in [0, 0.1) is 0 Å². The molecule has 2 aliphatic heterocycles. The van der Waals surface area contributed by atoms with Crippen molar-refractivity contribution in [3.8, 4) is 0 Å². The fourth-order valence-electron chi connectivity index (χ4n) is 4.38. The van der Waals surface area contributed by atoms with Crippen LogP contribution in [0.1, 0.15) is 38.0 Å². The zero-order valence-electron chi connectivity index (χ0n) is 17.4. The summed E-state index contributed by atoms with van der Waals surface area (Å²) in [6.45, 7) is 10.1. The molecule has 0 unspecified atom stereocenters. The highest BCUT2D eigenvalue weighted by Gasteiger charge is 2.34. The van der Waals surface area contributed by atoms with Crippen molar-refractivity contribution in [2.75, 3.05) is 32.7 Å². The summed E-state index contributed by atoms with van der Waals surface area (Å²) < 4.78 is 32.6. The van der Waals surface area contributed by atoms with Gasteiger partial charge in [0.05, 0.1) is 6.54 Å². The van der Waals surface area contributed by atoms with Crippen molar-refractivity contribution in [2.45, 2.75) is 50.4 Å². The fraction of sp³-hybridized carbons (Fsp3) is 0.545. The average molecular weight is 418 g/mol. The van der Waals surface area contributed by atoms with Gasteiger partial charge in [-0.2, -0.15) is 4.31 Å². The minimum atomic E-state index is -3.48. The maximum Gasteiger partial charge on any atom is 0.276 e. The average Bonchev–Trinajstić information content (AvgIpc) is 3.37. The van der Waals surface area contributed by atoms with Gasteiger partial charge in [0.2, 0.25) is 5.09 Å². The lowest BCUT2D eigenvalue weighted by atomic mass is 9.97. The van der Waals surface area contributed by atoms with Crippen molar-refractivity contribution in [1.29, 1.82) is 0 Å². The molecule has 2 fully saturated rings. The van der Waals surface area contributed by atoms with E-state index in [1.165, 1.54) is 9.87 Å². The van der Waals surface area contributed by atoms with Gasteiger partial charge in [0, 0.05) is 44.8 Å². The molecule has 2 aliphatic rings. The lowest BCUT2D eigenvalue weighted by Crippen LogP contribution is -2.58. The number of benzene rings is 1. The van der Waals surface area contributed by atoms with E-state index in [4.69, 9.17) is 4.42 Å². The van der Waals surface area contributed by atoms with Gasteiger partial charge >= 0.3 is 0 Å². The molecule has 3 heterocycles. The molecule has 6 nitrogen and oxygen atoms in total. The van der Waals surface area contributed by atoms with Gasteiger partial charge in [-0.3, -0.25) is 9.80 Å². The predicted molar refractivity (Wildman–Crippen MR) is 113 cm³/mol. The van der Waals surface area contributed by atoms with Crippen LogP contribution in [0.25, 0.3) is 0 Å². The summed E-state index contributed by atoms with van der Waals surface area (Å²) in [5, 5.41) is 0.0800. The van der Waals surface area contributed by atoms with Crippen LogP contribution in [0.15, 0.2) is 52.0 Å². The summed E-state index contributed by atoms with van der Waals surface area (Å²) in [7, 11) is -3.48. The molecular weight excluding hydrogens is 386 g/mol. The summed E-state index contributed by atoms with van der Waals surface area (Å²) in [5.74, 6) is 0.718. The maximum absolute atomic E-state index is 12.7. The Morgan fingerprint density at radius 3 is 2.34 bits per heavy atom. The van der Waals surface area contributed by atoms with Crippen LogP contribution in [-0.2, 0) is 23.1 Å². The zero-order chi connectivity index (χ0) is 20.5. The van der Waals surface area contributed by atoms with Crippen molar-refractivity contribution < 1.29 is 12.8 Å². The Balaban J connectivity index is 1.38. The molecule has 1 aromatic heterocycles. The lowest BCUT2D eigenvalue weighted by molar-refractivity contribution is 0.00741. The molecule has 0 atom stereocenters. The second kappa shape index (κ2) is 8.22. The van der Waals surface area contributed by atoms with Gasteiger partial charge in [0.25, 0.3) is 10.0 Å². The third kappa shape index (κ3) is 4.58. The smallest absolute Gasteiger partial charge is 0.276 e. The summed E-state index contributed by atoms with van der Waals surface area (Å²) in [6, 6.07) is 14.0. The molecule has 0 bridgehead atoms. The van der Waals surface area contributed by atoms with Crippen molar-refractivity contribution in [2.24, 2.45) is 0 Å². The van der Waals surface area contributed by atoms with Gasteiger partial charge < -0.3 is 4.42 Å². The fourth-order valence-corrected chi connectivity index (χ4v) is 5.83. The maximum atomic E-state index is 12.7. The number of hydrogen-bond donors (Lipinski definition) is 0. The van der Waals surface area contributed by atoms with Crippen LogP contribution < -0.4 is 0 Å². The molecule has 2 aromatic rings. The predicted octanol–water partition coefficient (Wildman–Crippen LogP) is 3.16. The molecule has 158 valence electrons. The number of rotatable bonds is 6. The van der Waals surface area contributed by atoms with E-state index in [1.807, 2.05) is 12.1 Å². The summed E-state index contributed by atoms with van der Waals surface area (Å²) in [6.07, 6.45) is 1.85. The zero-order valence-corrected chi connectivity index (χ0v) is 18.2. The van der Waals surface area contributed by atoms with E-state index in [-0.39, 0.29) is 10.6 Å². The van der Waals surface area contributed by atoms with Gasteiger partial charge in [0.1, 0.15) is 5.76 Å². The van der Waals surface area contributed by atoms with E-state index in [2.05, 4.69) is 47.9 Å². The molecule has 0 N–H and O–H groups in total. The Kier molecular flexibility index (Phi) is 5.84. The first kappa shape index (κ1) is 20.6. The third-order valence-electron chi connectivity index (χ3n) is 6.04. The van der Waals surface area contributed by atoms with E-state index in [1.54, 1.807) is 6.07 Å². The van der Waals surface area contributed by atoms with Gasteiger partial charge in [-0.15, -0.1) is 0 Å². The molecule has 1 aromatic carbocycles. The first-order valence-corrected chi connectivity index (χ1v) is 11.9. The van der Waals surface area contributed by atoms with Crippen LogP contribution >= 0.6 is 0 Å². The van der Waals surface area contributed by atoms with E-state index in [0.717, 1.165) is 44.8 Å². The molecule has 29 heavy (non-hydrogen) atoms. The first-order valence-electron chi connectivity index (χ1n) is 10.4. The molecular formula is C22H31N3O3S. The number of sulfonamides is 1. The van der Waals surface area contributed by atoms with Crippen molar-refractivity contribution in [3.63, 3.8) is 0 Å². The highest BCUT2D eigenvalue weighted by molar-refractivity contribution is 7.89. The molecule has 0 spiro atoms. The number of hydrogen-bond acceptors (Lipinski definition) is 5. The Morgan fingerprint density at radius 2 is 1.66 bits per heavy atom. The van der Waals surface area contributed by atoms with Crippen LogP contribution in [0.5, 0.6) is 0 Å². The molecule has 0 saturated carbocycles. The minimum absolute atomic E-state index is 0.0329. The summed E-state index contributed by atoms with van der Waals surface area (Å²) >= 11 is 0. The van der Waals surface area contributed by atoms with Gasteiger partial charge in [-0.1, -0.05) is 30.3 Å². The monoisotopic (exact) mass is 417 g/mol. The van der Waals surface area contributed by atoms with Crippen molar-refractivity contribution >= 4 is 10.0 Å². The Morgan fingerprint density at radius 1 is 0.931 bits per heavy atom. The van der Waals surface area contributed by atoms with Crippen LogP contribution in [0.4, 0.5) is 0 Å². The molecule has 4 rings (SSSR count). The second-order valence-corrected chi connectivity index (χ2v) is 10.6. The second-order valence-electron chi connectivity index (χ2n) is 8.76. The normalized spacial score (nSPS) is 21.6. The highest BCUT2D eigenvalue weighted by Crippen LogP contribution is 2.26. The molecule has 0 aliphatic carbocycles. The minimum Gasteiger partial charge on any atom is -0.447 e. The largest absolute Gasteiger partial charge is 0.447 e. The third-order valence-corrected chi connectivity index (χ3v) is 7.82. The van der Waals surface area contributed by atoms with Crippen LogP contribution in [0.3, 0.4) is 0 Å². The quantitative estimate of drug-likeness (QED) is 0.723. The van der Waals surface area contributed by atoms with E-state index >= 15 is 0 Å². The Labute approximate surface area is 174 Å². The SMILES string of the molecule is CC1(C)CN(Cc2ccc(S(=O)(=O)N3CCCC3)o2)CCN1Cc1ccccc1. The summed E-state index contributed by atoms with van der Waals surface area (Å²) in [5.41, 5.74) is 1.36. The highest BCUT2D eigenvalue weighted by atomic mass is 32.2. The number of nitrogens with zero attached hydrogens (tertiary/aromatic N) is 3. The lowest BCUT2D eigenvalue weighted by Gasteiger charge is -2.47.